The predicted octanol–water partition coefficient (Wildman–Crippen LogP) is 7.56. The first-order chi connectivity index (χ1) is 24.2. The zero-order chi connectivity index (χ0) is 37.0. The standard InChI is InChI=1S/C36H38Cl3N5O6S/c1-4-6-15-42(16-7-5-2)35(46)33-32(39)22(3)44(40-33)31-12-9-25(20-27(31)36(47)48)34(45)41-51(49,50)26-10-13-30-24(19-26)14-17-43(30)21-23-8-11-28(37)29(38)18-23/h8-13,18-20H,4-7,14-17,21H2,1-3H3,(H,41,45)(H,47,48). The molecule has 2 N–H and O–H groups in total. The van der Waals surface area contributed by atoms with E-state index in [9.17, 15) is 27.9 Å². The molecule has 0 saturated heterocycles. The van der Waals surface area contributed by atoms with Gasteiger partial charge >= 0.3 is 5.97 Å². The van der Waals surface area contributed by atoms with Crippen molar-refractivity contribution in [2.45, 2.75) is 64.3 Å². The second kappa shape index (κ2) is 16.1. The zero-order valence-corrected chi connectivity index (χ0v) is 31.5. The molecule has 4 aromatic rings. The lowest BCUT2D eigenvalue weighted by Gasteiger charge is -2.21. The van der Waals surface area contributed by atoms with Crippen LogP contribution in [0.5, 0.6) is 0 Å². The second-order valence-electron chi connectivity index (χ2n) is 12.3. The number of nitrogens with one attached hydrogen (secondary N) is 1. The molecule has 1 aliphatic heterocycles. The van der Waals surface area contributed by atoms with Crippen LogP contribution in [0.3, 0.4) is 0 Å². The topological polar surface area (TPSA) is 142 Å². The van der Waals surface area contributed by atoms with Crippen molar-refractivity contribution >= 4 is 68.3 Å². The van der Waals surface area contributed by atoms with Gasteiger partial charge in [0.2, 0.25) is 0 Å². The number of aromatic nitrogens is 2. The SMILES string of the molecule is CCCCN(CCCC)C(=O)c1nn(-c2ccc(C(=O)NS(=O)(=O)c3ccc4c(c3)CCN4Cc3ccc(Cl)c(Cl)c3)cc2C(=O)O)c(C)c1Cl. The molecule has 2 heterocycles. The highest BCUT2D eigenvalue weighted by atomic mass is 35.5. The number of rotatable bonds is 14. The number of carbonyl (C=O) groups excluding carboxylic acids is 2. The maximum absolute atomic E-state index is 13.5. The van der Waals surface area contributed by atoms with Crippen LogP contribution in [0.4, 0.5) is 5.69 Å². The number of aromatic carboxylic acids is 1. The van der Waals surface area contributed by atoms with Crippen LogP contribution in [0.1, 0.15) is 87.6 Å². The van der Waals surface area contributed by atoms with Gasteiger partial charge in [-0.25, -0.2) is 22.6 Å². The minimum Gasteiger partial charge on any atom is -0.478 e. The number of hydrogen-bond acceptors (Lipinski definition) is 7. The summed E-state index contributed by atoms with van der Waals surface area (Å²) in [5.41, 5.74) is 2.45. The lowest BCUT2D eigenvalue weighted by Crippen LogP contribution is -2.33. The van der Waals surface area contributed by atoms with Gasteiger partial charge in [0.15, 0.2) is 5.69 Å². The number of benzene rings is 3. The van der Waals surface area contributed by atoms with Gasteiger partial charge in [0.25, 0.3) is 21.8 Å². The highest BCUT2D eigenvalue weighted by Gasteiger charge is 2.28. The van der Waals surface area contributed by atoms with Gasteiger partial charge in [-0.15, -0.1) is 0 Å². The molecule has 0 spiro atoms. The summed E-state index contributed by atoms with van der Waals surface area (Å²) < 4.78 is 30.0. The normalized spacial score (nSPS) is 12.5. The molecule has 270 valence electrons. The lowest BCUT2D eigenvalue weighted by molar-refractivity contribution is 0.0695. The fourth-order valence-corrected chi connectivity index (χ4v) is 7.47. The number of hydrogen-bond donors (Lipinski definition) is 2. The van der Waals surface area contributed by atoms with Crippen molar-refractivity contribution in [3.05, 3.63) is 103 Å². The van der Waals surface area contributed by atoms with Crippen molar-refractivity contribution in [2.75, 3.05) is 24.5 Å². The summed E-state index contributed by atoms with van der Waals surface area (Å²) in [7, 11) is -4.33. The van der Waals surface area contributed by atoms with Gasteiger partial charge in [-0.2, -0.15) is 5.10 Å². The molecule has 0 unspecified atom stereocenters. The van der Waals surface area contributed by atoms with E-state index in [4.69, 9.17) is 34.8 Å². The molecule has 15 heteroatoms. The third kappa shape index (κ3) is 8.35. The smallest absolute Gasteiger partial charge is 0.337 e. The molecule has 0 radical (unpaired) electrons. The highest BCUT2D eigenvalue weighted by molar-refractivity contribution is 7.90. The molecular formula is C36H38Cl3N5O6S. The first kappa shape index (κ1) is 38.1. The summed E-state index contributed by atoms with van der Waals surface area (Å²) in [5.74, 6) is -2.76. The Kier molecular flexibility index (Phi) is 12.0. The van der Waals surface area contributed by atoms with Gasteiger partial charge in [0.05, 0.1) is 36.9 Å². The average Bonchev–Trinajstić information content (AvgIpc) is 3.64. The van der Waals surface area contributed by atoms with Gasteiger partial charge in [-0.1, -0.05) is 67.6 Å². The first-order valence-electron chi connectivity index (χ1n) is 16.6. The largest absolute Gasteiger partial charge is 0.478 e. The Morgan fingerprint density at radius 3 is 2.25 bits per heavy atom. The van der Waals surface area contributed by atoms with E-state index in [1.807, 2.05) is 19.9 Å². The van der Waals surface area contributed by atoms with E-state index >= 15 is 0 Å². The number of nitrogens with zero attached hydrogens (tertiary/aromatic N) is 4. The van der Waals surface area contributed by atoms with Crippen LogP contribution in [0.25, 0.3) is 5.69 Å². The Labute approximate surface area is 312 Å². The molecule has 0 atom stereocenters. The molecule has 0 saturated carbocycles. The van der Waals surface area contributed by atoms with Gasteiger partial charge in [0, 0.05) is 37.4 Å². The summed E-state index contributed by atoms with van der Waals surface area (Å²) in [5, 5.41) is 15.5. The average molecular weight is 775 g/mol. The number of fused-ring (bicyclic) bond motifs is 1. The van der Waals surface area contributed by atoms with Gasteiger partial charge in [-0.05, 0) is 85.8 Å². The van der Waals surface area contributed by atoms with Crippen molar-refractivity contribution in [3.8, 4) is 5.69 Å². The van der Waals surface area contributed by atoms with E-state index in [1.165, 1.54) is 28.9 Å². The van der Waals surface area contributed by atoms with Crippen LogP contribution < -0.4 is 9.62 Å². The van der Waals surface area contributed by atoms with Crippen LogP contribution in [0.15, 0.2) is 59.5 Å². The summed E-state index contributed by atoms with van der Waals surface area (Å²) in [6, 6.07) is 13.7. The molecule has 0 bridgehead atoms. The quantitative estimate of drug-likeness (QED) is 0.134. The number of carbonyl (C=O) groups is 3. The number of amides is 2. The van der Waals surface area contributed by atoms with Crippen LogP contribution >= 0.6 is 34.8 Å². The third-order valence-electron chi connectivity index (χ3n) is 8.75. The van der Waals surface area contributed by atoms with Crippen molar-refractivity contribution in [2.24, 2.45) is 0 Å². The molecule has 1 aliphatic rings. The monoisotopic (exact) mass is 773 g/mol. The summed E-state index contributed by atoms with van der Waals surface area (Å²) in [6.07, 6.45) is 4.00. The summed E-state index contributed by atoms with van der Waals surface area (Å²) in [4.78, 5) is 42.9. The second-order valence-corrected chi connectivity index (χ2v) is 15.2. The minimum atomic E-state index is -4.33. The number of sulfonamides is 1. The van der Waals surface area contributed by atoms with Crippen LogP contribution in [-0.2, 0) is 23.0 Å². The Morgan fingerprint density at radius 1 is 0.922 bits per heavy atom. The van der Waals surface area contributed by atoms with E-state index in [-0.39, 0.29) is 38.3 Å². The van der Waals surface area contributed by atoms with Gasteiger partial charge in [-0.3, -0.25) is 9.59 Å². The van der Waals surface area contributed by atoms with Crippen molar-refractivity contribution in [1.29, 1.82) is 0 Å². The molecule has 0 fully saturated rings. The summed E-state index contributed by atoms with van der Waals surface area (Å²) >= 11 is 18.8. The maximum atomic E-state index is 13.5. The Balaban J connectivity index is 1.36. The number of carboxylic acids is 1. The van der Waals surface area contributed by atoms with E-state index in [0.29, 0.717) is 48.3 Å². The molecule has 0 aliphatic carbocycles. The first-order valence-corrected chi connectivity index (χ1v) is 19.2. The van der Waals surface area contributed by atoms with Crippen LogP contribution in [0.2, 0.25) is 15.1 Å². The molecule has 1 aromatic heterocycles. The Bertz CT molecular complexity index is 2090. The Morgan fingerprint density at radius 2 is 1.61 bits per heavy atom. The molecule has 5 rings (SSSR count). The maximum Gasteiger partial charge on any atom is 0.337 e. The lowest BCUT2D eigenvalue weighted by atomic mass is 10.1. The summed E-state index contributed by atoms with van der Waals surface area (Å²) in [6.45, 7) is 7.95. The highest BCUT2D eigenvalue weighted by Crippen LogP contribution is 2.33. The number of carboxylic acid groups (broad SMARTS) is 1. The van der Waals surface area contributed by atoms with Gasteiger partial charge in [0.1, 0.15) is 0 Å². The molecular weight excluding hydrogens is 737 g/mol. The fourth-order valence-electron chi connectivity index (χ4n) is 5.93. The van der Waals surface area contributed by atoms with Crippen molar-refractivity contribution < 1.29 is 27.9 Å². The van der Waals surface area contributed by atoms with Gasteiger partial charge < -0.3 is 14.9 Å². The predicted molar refractivity (Wildman–Crippen MR) is 198 cm³/mol. The third-order valence-corrected chi connectivity index (χ3v) is 11.3. The van der Waals surface area contributed by atoms with E-state index in [1.54, 1.807) is 30.0 Å². The van der Waals surface area contributed by atoms with Crippen LogP contribution in [-0.4, -0.2) is 65.6 Å². The molecule has 51 heavy (non-hydrogen) atoms. The van der Waals surface area contributed by atoms with E-state index in [2.05, 4.69) is 14.7 Å². The van der Waals surface area contributed by atoms with Crippen molar-refractivity contribution in [1.82, 2.24) is 19.4 Å². The molecule has 2 amide bonds. The number of unbranched alkanes of at least 4 members (excludes halogenated alkanes) is 2. The van der Waals surface area contributed by atoms with E-state index in [0.717, 1.165) is 48.6 Å². The number of anilines is 1. The molecule has 3 aromatic carbocycles. The molecule has 11 nitrogen and oxygen atoms in total. The number of halogens is 3. The zero-order valence-electron chi connectivity index (χ0n) is 28.4. The minimum absolute atomic E-state index is 0.00234. The van der Waals surface area contributed by atoms with Crippen LogP contribution in [0, 0.1) is 6.92 Å². The van der Waals surface area contributed by atoms with Crippen molar-refractivity contribution in [3.63, 3.8) is 0 Å². The van der Waals surface area contributed by atoms with E-state index < -0.39 is 21.9 Å². The Hall–Kier alpha value is -4.10. The fraction of sp³-hybridized carbons (Fsp3) is 0.333.